The van der Waals surface area contributed by atoms with Gasteiger partial charge >= 0.3 is 5.97 Å². The van der Waals surface area contributed by atoms with E-state index < -0.39 is 17.5 Å². The molecule has 18 heavy (non-hydrogen) atoms. The second-order valence-corrected chi connectivity index (χ2v) is 5.91. The quantitative estimate of drug-likeness (QED) is 0.900. The van der Waals surface area contributed by atoms with Crippen molar-refractivity contribution in [3.05, 3.63) is 34.3 Å². The van der Waals surface area contributed by atoms with Gasteiger partial charge in [-0.15, -0.1) is 0 Å². The number of benzene rings is 1. The van der Waals surface area contributed by atoms with E-state index >= 15 is 0 Å². The number of hydrogen-bond acceptors (Lipinski definition) is 2. The van der Waals surface area contributed by atoms with Crippen LogP contribution in [0.4, 0.5) is 0 Å². The summed E-state index contributed by atoms with van der Waals surface area (Å²) in [4.78, 5) is 11.5. The van der Waals surface area contributed by atoms with Crippen LogP contribution in [-0.4, -0.2) is 21.8 Å². The zero-order valence-electron chi connectivity index (χ0n) is 10.1. The van der Waals surface area contributed by atoms with Crippen LogP contribution in [0.25, 0.3) is 0 Å². The van der Waals surface area contributed by atoms with Gasteiger partial charge in [0.05, 0.1) is 5.60 Å². The Morgan fingerprint density at radius 3 is 2.50 bits per heavy atom. The fourth-order valence-corrected chi connectivity index (χ4v) is 3.24. The monoisotopic (exact) mass is 312 g/mol. The lowest BCUT2D eigenvalue weighted by molar-refractivity contribution is -0.147. The molecule has 1 aliphatic rings. The minimum atomic E-state index is -1.11. The fraction of sp³-hybridized carbons (Fsp3) is 0.500. The van der Waals surface area contributed by atoms with Crippen molar-refractivity contribution in [3.8, 4) is 0 Å². The molecule has 1 fully saturated rings. The van der Waals surface area contributed by atoms with Crippen molar-refractivity contribution in [2.75, 3.05) is 0 Å². The molecule has 0 unspecified atom stereocenters. The van der Waals surface area contributed by atoms with Gasteiger partial charge in [-0.2, -0.15) is 0 Å². The van der Waals surface area contributed by atoms with Gasteiger partial charge in [-0.1, -0.05) is 47.3 Å². The largest absolute Gasteiger partial charge is 0.481 e. The highest BCUT2D eigenvalue weighted by atomic mass is 79.9. The Morgan fingerprint density at radius 2 is 1.94 bits per heavy atom. The number of carbonyl (C=O) groups is 1. The van der Waals surface area contributed by atoms with Gasteiger partial charge in [0.1, 0.15) is 5.92 Å². The summed E-state index contributed by atoms with van der Waals surface area (Å²) in [5, 5.41) is 20.1. The normalized spacial score (nSPS) is 20.3. The SMILES string of the molecule is O=C(O)[C@H](c1cccc(Br)c1)C1(O)CCCCC1. The summed E-state index contributed by atoms with van der Waals surface area (Å²) in [5.74, 6) is -1.78. The molecule has 3 nitrogen and oxygen atoms in total. The third kappa shape index (κ3) is 2.75. The first-order chi connectivity index (χ1) is 8.53. The van der Waals surface area contributed by atoms with E-state index in [2.05, 4.69) is 15.9 Å². The Kier molecular flexibility index (Phi) is 4.07. The standard InChI is InChI=1S/C14H17BrO3/c15-11-6-4-5-10(9-11)12(13(16)17)14(18)7-2-1-3-8-14/h4-6,9,12,18H,1-3,7-8H2,(H,16,17)/t12-/m0/s1. The first-order valence-corrected chi connectivity index (χ1v) is 7.03. The highest BCUT2D eigenvalue weighted by Gasteiger charge is 2.43. The number of carboxylic acid groups (broad SMARTS) is 1. The summed E-state index contributed by atoms with van der Waals surface area (Å²) in [6, 6.07) is 7.22. The molecular formula is C14H17BrO3. The molecule has 1 saturated carbocycles. The Morgan fingerprint density at radius 1 is 1.28 bits per heavy atom. The Labute approximate surface area is 115 Å². The first-order valence-electron chi connectivity index (χ1n) is 6.23. The number of hydrogen-bond donors (Lipinski definition) is 2. The van der Waals surface area contributed by atoms with E-state index in [1.165, 1.54) is 0 Å². The van der Waals surface area contributed by atoms with E-state index in [0.717, 1.165) is 23.7 Å². The van der Waals surface area contributed by atoms with Gasteiger partial charge in [-0.05, 0) is 30.5 Å². The van der Waals surface area contributed by atoms with Gasteiger partial charge in [0.15, 0.2) is 0 Å². The molecule has 0 heterocycles. The molecular weight excluding hydrogens is 296 g/mol. The molecule has 4 heteroatoms. The highest BCUT2D eigenvalue weighted by Crippen LogP contribution is 2.40. The second-order valence-electron chi connectivity index (χ2n) is 4.99. The topological polar surface area (TPSA) is 57.5 Å². The number of halogens is 1. The molecule has 2 rings (SSSR count). The molecule has 0 bridgehead atoms. The maximum Gasteiger partial charge on any atom is 0.313 e. The number of aliphatic carboxylic acids is 1. The minimum Gasteiger partial charge on any atom is -0.481 e. The van der Waals surface area contributed by atoms with E-state index in [1.807, 2.05) is 12.1 Å². The van der Waals surface area contributed by atoms with Gasteiger partial charge in [-0.3, -0.25) is 4.79 Å². The number of rotatable bonds is 3. The zero-order chi connectivity index (χ0) is 13.2. The molecule has 0 aromatic heterocycles. The predicted octanol–water partition coefficient (Wildman–Crippen LogP) is 3.31. The van der Waals surface area contributed by atoms with Crippen molar-refractivity contribution >= 4 is 21.9 Å². The van der Waals surface area contributed by atoms with Crippen molar-refractivity contribution in [2.45, 2.75) is 43.6 Å². The molecule has 1 atom stereocenters. The maximum absolute atomic E-state index is 11.5. The van der Waals surface area contributed by atoms with Crippen LogP contribution in [0, 0.1) is 0 Å². The Balaban J connectivity index is 2.36. The summed E-state index contributed by atoms with van der Waals surface area (Å²) in [6.45, 7) is 0. The summed E-state index contributed by atoms with van der Waals surface area (Å²) in [7, 11) is 0. The second kappa shape index (κ2) is 5.41. The van der Waals surface area contributed by atoms with Crippen molar-refractivity contribution in [2.24, 2.45) is 0 Å². The molecule has 1 aromatic carbocycles. The molecule has 2 N–H and O–H groups in total. The predicted molar refractivity (Wildman–Crippen MR) is 72.6 cm³/mol. The summed E-state index contributed by atoms with van der Waals surface area (Å²) >= 11 is 3.35. The average Bonchev–Trinajstić information content (AvgIpc) is 2.29. The smallest absolute Gasteiger partial charge is 0.313 e. The number of aliphatic hydroxyl groups is 1. The lowest BCUT2D eigenvalue weighted by atomic mass is 9.73. The third-order valence-electron chi connectivity index (χ3n) is 3.69. The molecule has 1 aromatic rings. The molecule has 98 valence electrons. The lowest BCUT2D eigenvalue weighted by Crippen LogP contribution is -2.42. The van der Waals surface area contributed by atoms with Gasteiger partial charge in [0, 0.05) is 4.47 Å². The zero-order valence-corrected chi connectivity index (χ0v) is 11.7. The maximum atomic E-state index is 11.5. The molecule has 1 aliphatic carbocycles. The molecule has 0 amide bonds. The number of carboxylic acids is 1. The third-order valence-corrected chi connectivity index (χ3v) is 4.18. The van der Waals surface area contributed by atoms with Gasteiger partial charge in [0.2, 0.25) is 0 Å². The van der Waals surface area contributed by atoms with E-state index in [-0.39, 0.29) is 0 Å². The van der Waals surface area contributed by atoms with E-state index in [1.54, 1.807) is 12.1 Å². The van der Waals surface area contributed by atoms with Gasteiger partial charge < -0.3 is 10.2 Å². The van der Waals surface area contributed by atoms with Crippen LogP contribution < -0.4 is 0 Å². The van der Waals surface area contributed by atoms with Crippen molar-refractivity contribution < 1.29 is 15.0 Å². The van der Waals surface area contributed by atoms with Crippen molar-refractivity contribution in [1.82, 2.24) is 0 Å². The van der Waals surface area contributed by atoms with E-state index in [4.69, 9.17) is 0 Å². The minimum absolute atomic E-state index is 0.566. The van der Waals surface area contributed by atoms with Crippen molar-refractivity contribution in [3.63, 3.8) is 0 Å². The van der Waals surface area contributed by atoms with Gasteiger partial charge in [0.25, 0.3) is 0 Å². The first kappa shape index (κ1) is 13.6. The van der Waals surface area contributed by atoms with Gasteiger partial charge in [-0.25, -0.2) is 0 Å². The van der Waals surface area contributed by atoms with Crippen LogP contribution >= 0.6 is 15.9 Å². The summed E-state index contributed by atoms with van der Waals surface area (Å²) in [6.07, 6.45) is 4.00. The van der Waals surface area contributed by atoms with Crippen LogP contribution in [0.3, 0.4) is 0 Å². The van der Waals surface area contributed by atoms with E-state index in [9.17, 15) is 15.0 Å². The summed E-state index contributed by atoms with van der Waals surface area (Å²) in [5.41, 5.74) is -0.438. The van der Waals surface area contributed by atoms with Crippen LogP contribution in [0.5, 0.6) is 0 Å². The lowest BCUT2D eigenvalue weighted by Gasteiger charge is -2.37. The Hall–Kier alpha value is -0.870. The average molecular weight is 313 g/mol. The fourth-order valence-electron chi connectivity index (χ4n) is 2.82. The van der Waals surface area contributed by atoms with Crippen LogP contribution in [0.2, 0.25) is 0 Å². The molecule has 0 aliphatic heterocycles. The Bertz CT molecular complexity index is 438. The highest BCUT2D eigenvalue weighted by molar-refractivity contribution is 9.10. The van der Waals surface area contributed by atoms with E-state index in [0.29, 0.717) is 18.4 Å². The summed E-state index contributed by atoms with van der Waals surface area (Å²) < 4.78 is 0.839. The molecule has 0 saturated heterocycles. The van der Waals surface area contributed by atoms with Crippen LogP contribution in [-0.2, 0) is 4.79 Å². The molecule has 0 spiro atoms. The van der Waals surface area contributed by atoms with Crippen LogP contribution in [0.15, 0.2) is 28.7 Å². The van der Waals surface area contributed by atoms with Crippen molar-refractivity contribution in [1.29, 1.82) is 0 Å². The molecule has 0 radical (unpaired) electrons. The van der Waals surface area contributed by atoms with Crippen LogP contribution in [0.1, 0.15) is 43.6 Å².